The first-order chi connectivity index (χ1) is 12.1. The van der Waals surface area contributed by atoms with Gasteiger partial charge in [0, 0.05) is 43.9 Å². The van der Waals surface area contributed by atoms with Crippen molar-refractivity contribution in [2.45, 2.75) is 32.4 Å². The first-order valence-corrected chi connectivity index (χ1v) is 8.66. The van der Waals surface area contributed by atoms with Crippen LogP contribution >= 0.6 is 0 Å². The van der Waals surface area contributed by atoms with Gasteiger partial charge in [-0.1, -0.05) is 0 Å². The minimum absolute atomic E-state index is 0.353. The van der Waals surface area contributed by atoms with Crippen molar-refractivity contribution in [2.24, 2.45) is 0 Å². The number of aromatic nitrogens is 2. The summed E-state index contributed by atoms with van der Waals surface area (Å²) in [7, 11) is 0. The number of fused-ring (bicyclic) bond motifs is 1. The Hall–Kier alpha value is -2.28. The fourth-order valence-electron chi connectivity index (χ4n) is 3.60. The predicted molar refractivity (Wildman–Crippen MR) is 92.1 cm³/mol. The van der Waals surface area contributed by atoms with Gasteiger partial charge in [-0.15, -0.1) is 0 Å². The lowest BCUT2D eigenvalue weighted by molar-refractivity contribution is 0.238. The van der Waals surface area contributed by atoms with Gasteiger partial charge in [-0.3, -0.25) is 4.90 Å². The molecule has 132 valence electrons. The van der Waals surface area contributed by atoms with Crippen LogP contribution in [0.25, 0.3) is 0 Å². The predicted octanol–water partition coefficient (Wildman–Crippen LogP) is 2.50. The number of halogens is 2. The third kappa shape index (κ3) is 3.28. The molecule has 1 aromatic carbocycles. The van der Waals surface area contributed by atoms with Crippen LogP contribution in [0.4, 0.5) is 20.5 Å². The molecule has 0 spiro atoms. The van der Waals surface area contributed by atoms with Crippen LogP contribution in [0, 0.1) is 11.6 Å². The first-order valence-electron chi connectivity index (χ1n) is 8.66. The van der Waals surface area contributed by atoms with Crippen molar-refractivity contribution in [3.63, 3.8) is 0 Å². The maximum Gasteiger partial charge on any atom is 0.227 e. The van der Waals surface area contributed by atoms with E-state index in [1.807, 2.05) is 0 Å². The lowest BCUT2D eigenvalue weighted by atomic mass is 10.0. The van der Waals surface area contributed by atoms with Crippen LogP contribution in [-0.2, 0) is 19.5 Å². The Bertz CT molecular complexity index is 789. The van der Waals surface area contributed by atoms with Gasteiger partial charge in [0.25, 0.3) is 0 Å². The van der Waals surface area contributed by atoms with Crippen LogP contribution in [0.5, 0.6) is 0 Å². The molecule has 1 aromatic heterocycles. The number of nitrogens with two attached hydrogens (primary N) is 1. The van der Waals surface area contributed by atoms with Crippen molar-refractivity contribution in [1.82, 2.24) is 14.9 Å². The Morgan fingerprint density at radius 2 is 1.88 bits per heavy atom. The van der Waals surface area contributed by atoms with Gasteiger partial charge in [-0.2, -0.15) is 4.98 Å². The van der Waals surface area contributed by atoms with E-state index in [1.165, 1.54) is 12.1 Å². The summed E-state index contributed by atoms with van der Waals surface area (Å²) in [6.07, 6.45) is 3.01. The molecule has 2 aromatic rings. The van der Waals surface area contributed by atoms with E-state index in [9.17, 15) is 8.78 Å². The second kappa shape index (κ2) is 6.55. The number of benzene rings is 1. The van der Waals surface area contributed by atoms with Crippen LogP contribution in [0.2, 0.25) is 0 Å². The van der Waals surface area contributed by atoms with Crippen LogP contribution in [0.15, 0.2) is 18.2 Å². The topological polar surface area (TPSA) is 58.3 Å². The highest BCUT2D eigenvalue weighted by Crippen LogP contribution is 2.27. The summed E-state index contributed by atoms with van der Waals surface area (Å²) in [6.45, 7) is 3.55. The molecule has 4 rings (SSSR count). The van der Waals surface area contributed by atoms with Crippen molar-refractivity contribution in [3.8, 4) is 0 Å². The van der Waals surface area contributed by atoms with E-state index in [-0.39, 0.29) is 5.82 Å². The number of hydrogen-bond acceptors (Lipinski definition) is 5. The summed E-state index contributed by atoms with van der Waals surface area (Å²) in [5.41, 5.74) is 8.40. The van der Waals surface area contributed by atoms with Gasteiger partial charge in [-0.25, -0.2) is 13.8 Å². The Kier molecular flexibility index (Phi) is 4.25. The molecule has 0 radical (unpaired) electrons. The molecule has 2 aliphatic heterocycles. The third-order valence-corrected chi connectivity index (χ3v) is 4.95. The quantitative estimate of drug-likeness (QED) is 0.926. The lowest BCUT2D eigenvalue weighted by Gasteiger charge is -2.29. The van der Waals surface area contributed by atoms with Gasteiger partial charge in [-0.05, 0) is 37.5 Å². The van der Waals surface area contributed by atoms with Crippen molar-refractivity contribution < 1.29 is 8.78 Å². The number of anilines is 2. The first kappa shape index (κ1) is 16.2. The van der Waals surface area contributed by atoms with E-state index >= 15 is 0 Å². The summed E-state index contributed by atoms with van der Waals surface area (Å²) in [5.74, 6) is 0.430. The average Bonchev–Trinajstić information content (AvgIpc) is 3.12. The number of nitrogen functional groups attached to an aromatic ring is 1. The normalized spacial score (nSPS) is 17.8. The molecule has 0 saturated carbocycles. The lowest BCUT2D eigenvalue weighted by Crippen LogP contribution is -2.33. The summed E-state index contributed by atoms with van der Waals surface area (Å²) in [5, 5.41) is 0. The SMILES string of the molecule is Nc1nc(N2CCCC2)nc2c1CCN(Cc1cc(F)ccc1F)C2. The van der Waals surface area contributed by atoms with E-state index in [0.29, 0.717) is 30.4 Å². The Morgan fingerprint density at radius 1 is 1.08 bits per heavy atom. The van der Waals surface area contributed by atoms with Gasteiger partial charge in [0.1, 0.15) is 17.5 Å². The van der Waals surface area contributed by atoms with E-state index < -0.39 is 5.82 Å². The highest BCUT2D eigenvalue weighted by molar-refractivity contribution is 5.49. The number of rotatable bonds is 3. The highest BCUT2D eigenvalue weighted by atomic mass is 19.1. The minimum atomic E-state index is -0.420. The summed E-state index contributed by atoms with van der Waals surface area (Å²) >= 11 is 0. The van der Waals surface area contributed by atoms with Crippen LogP contribution in [0.1, 0.15) is 29.7 Å². The number of hydrogen-bond donors (Lipinski definition) is 1. The Labute approximate surface area is 145 Å². The summed E-state index contributed by atoms with van der Waals surface area (Å²) < 4.78 is 27.3. The van der Waals surface area contributed by atoms with Gasteiger partial charge in [0.2, 0.25) is 5.95 Å². The van der Waals surface area contributed by atoms with Crippen LogP contribution in [0.3, 0.4) is 0 Å². The monoisotopic (exact) mass is 345 g/mol. The van der Waals surface area contributed by atoms with Crippen LogP contribution < -0.4 is 10.6 Å². The molecule has 3 heterocycles. The standard InChI is InChI=1S/C18H21F2N5/c19-13-3-4-15(20)12(9-13)10-24-8-5-14-16(11-24)22-18(23-17(14)21)25-6-1-2-7-25/h3-4,9H,1-2,5-8,10-11H2,(H2,21,22,23). The van der Waals surface area contributed by atoms with E-state index in [0.717, 1.165) is 56.2 Å². The zero-order valence-corrected chi connectivity index (χ0v) is 14.0. The van der Waals surface area contributed by atoms with Crippen molar-refractivity contribution in [2.75, 3.05) is 30.3 Å². The molecule has 1 saturated heterocycles. The summed E-state index contributed by atoms with van der Waals surface area (Å²) in [6, 6.07) is 3.57. The van der Waals surface area contributed by atoms with E-state index in [4.69, 9.17) is 10.7 Å². The molecular weight excluding hydrogens is 324 g/mol. The van der Waals surface area contributed by atoms with E-state index in [1.54, 1.807) is 0 Å². The third-order valence-electron chi connectivity index (χ3n) is 4.95. The molecule has 0 amide bonds. The fourth-order valence-corrected chi connectivity index (χ4v) is 3.60. The minimum Gasteiger partial charge on any atom is -0.383 e. The Morgan fingerprint density at radius 3 is 2.68 bits per heavy atom. The molecular formula is C18H21F2N5. The van der Waals surface area contributed by atoms with Crippen molar-refractivity contribution >= 4 is 11.8 Å². The molecule has 7 heteroatoms. The average molecular weight is 345 g/mol. The maximum absolute atomic E-state index is 13.9. The molecule has 0 bridgehead atoms. The molecule has 1 fully saturated rings. The second-order valence-corrected chi connectivity index (χ2v) is 6.72. The molecule has 2 aliphatic rings. The molecule has 0 aliphatic carbocycles. The smallest absolute Gasteiger partial charge is 0.227 e. The number of nitrogens with zero attached hydrogens (tertiary/aromatic N) is 4. The molecule has 2 N–H and O–H groups in total. The van der Waals surface area contributed by atoms with Crippen molar-refractivity contribution in [1.29, 1.82) is 0 Å². The van der Waals surface area contributed by atoms with Crippen molar-refractivity contribution in [3.05, 3.63) is 46.7 Å². The second-order valence-electron chi connectivity index (χ2n) is 6.72. The fraction of sp³-hybridized carbons (Fsp3) is 0.444. The van der Waals surface area contributed by atoms with Gasteiger partial charge in [0.15, 0.2) is 0 Å². The summed E-state index contributed by atoms with van der Waals surface area (Å²) in [4.78, 5) is 13.4. The highest BCUT2D eigenvalue weighted by Gasteiger charge is 2.24. The maximum atomic E-state index is 13.9. The van der Waals surface area contributed by atoms with Gasteiger partial charge >= 0.3 is 0 Å². The molecule has 25 heavy (non-hydrogen) atoms. The van der Waals surface area contributed by atoms with Gasteiger partial charge in [0.05, 0.1) is 5.69 Å². The van der Waals surface area contributed by atoms with E-state index in [2.05, 4.69) is 14.8 Å². The molecule has 0 atom stereocenters. The largest absolute Gasteiger partial charge is 0.383 e. The molecule has 5 nitrogen and oxygen atoms in total. The van der Waals surface area contributed by atoms with Gasteiger partial charge < -0.3 is 10.6 Å². The molecule has 0 unspecified atom stereocenters. The zero-order valence-electron chi connectivity index (χ0n) is 14.0. The van der Waals surface area contributed by atoms with Crippen LogP contribution in [-0.4, -0.2) is 34.5 Å². The Balaban J connectivity index is 1.56. The zero-order chi connectivity index (χ0) is 17.4.